The molecule has 0 radical (unpaired) electrons. The van der Waals surface area contributed by atoms with E-state index >= 15 is 0 Å². The standard InChI is InChI=1S/C9H14O2/c1-4-6-8(5-2)7-9(10)11-3/h4,6-7H,5H2,1-3H3/b6-4+,8-7+. The van der Waals surface area contributed by atoms with Crippen molar-refractivity contribution in [3.05, 3.63) is 23.8 Å². The van der Waals surface area contributed by atoms with Gasteiger partial charge in [0.1, 0.15) is 0 Å². The smallest absolute Gasteiger partial charge is 0.330 e. The van der Waals surface area contributed by atoms with Crippen molar-refractivity contribution >= 4 is 5.97 Å². The van der Waals surface area contributed by atoms with Crippen LogP contribution in [-0.4, -0.2) is 13.1 Å². The van der Waals surface area contributed by atoms with Crippen molar-refractivity contribution in [2.45, 2.75) is 20.3 Å². The minimum Gasteiger partial charge on any atom is -0.466 e. The van der Waals surface area contributed by atoms with Crippen LogP contribution in [0.25, 0.3) is 0 Å². The van der Waals surface area contributed by atoms with Gasteiger partial charge in [-0.3, -0.25) is 0 Å². The van der Waals surface area contributed by atoms with Crippen LogP contribution in [0.1, 0.15) is 20.3 Å². The van der Waals surface area contributed by atoms with Crippen molar-refractivity contribution in [3.8, 4) is 0 Å². The second-order valence-electron chi connectivity index (χ2n) is 2.10. The predicted octanol–water partition coefficient (Wildman–Crippen LogP) is 2.07. The van der Waals surface area contributed by atoms with Gasteiger partial charge in [-0.15, -0.1) is 0 Å². The van der Waals surface area contributed by atoms with Gasteiger partial charge in [0.2, 0.25) is 0 Å². The molecular weight excluding hydrogens is 140 g/mol. The van der Waals surface area contributed by atoms with Crippen LogP contribution in [0.5, 0.6) is 0 Å². The number of carbonyl (C=O) groups is 1. The van der Waals surface area contributed by atoms with Gasteiger partial charge in [-0.2, -0.15) is 0 Å². The highest BCUT2D eigenvalue weighted by Gasteiger charge is 1.94. The third-order valence-corrected chi connectivity index (χ3v) is 1.29. The Bertz CT molecular complexity index is 178. The first-order valence-corrected chi connectivity index (χ1v) is 3.65. The maximum atomic E-state index is 10.7. The lowest BCUT2D eigenvalue weighted by atomic mass is 10.2. The van der Waals surface area contributed by atoms with Gasteiger partial charge in [-0.25, -0.2) is 4.79 Å². The average Bonchev–Trinajstić information content (AvgIpc) is 2.03. The van der Waals surface area contributed by atoms with Crippen LogP contribution in [0.3, 0.4) is 0 Å². The van der Waals surface area contributed by atoms with Crippen molar-refractivity contribution < 1.29 is 9.53 Å². The number of ether oxygens (including phenoxy) is 1. The van der Waals surface area contributed by atoms with Crippen LogP contribution in [0.4, 0.5) is 0 Å². The fraction of sp³-hybridized carbons (Fsp3) is 0.444. The van der Waals surface area contributed by atoms with E-state index in [0.29, 0.717) is 0 Å². The van der Waals surface area contributed by atoms with Gasteiger partial charge in [0, 0.05) is 6.08 Å². The molecule has 0 amide bonds. The average molecular weight is 154 g/mol. The highest BCUT2D eigenvalue weighted by Crippen LogP contribution is 2.02. The molecule has 0 aliphatic carbocycles. The molecule has 0 unspecified atom stereocenters. The Morgan fingerprint density at radius 3 is 2.55 bits per heavy atom. The molecule has 11 heavy (non-hydrogen) atoms. The van der Waals surface area contributed by atoms with Gasteiger partial charge in [-0.05, 0) is 18.9 Å². The summed E-state index contributed by atoms with van der Waals surface area (Å²) in [5, 5.41) is 0. The van der Waals surface area contributed by atoms with E-state index in [1.54, 1.807) is 0 Å². The molecule has 0 N–H and O–H groups in total. The molecule has 0 aliphatic heterocycles. The number of esters is 1. The molecule has 0 rings (SSSR count). The first kappa shape index (κ1) is 9.95. The molecule has 0 atom stereocenters. The summed E-state index contributed by atoms with van der Waals surface area (Å²) in [6.45, 7) is 3.91. The van der Waals surface area contributed by atoms with Crippen molar-refractivity contribution in [1.82, 2.24) is 0 Å². The zero-order valence-corrected chi connectivity index (χ0v) is 7.26. The number of carbonyl (C=O) groups excluding carboxylic acids is 1. The predicted molar refractivity (Wildman–Crippen MR) is 45.2 cm³/mol. The molecule has 0 heterocycles. The van der Waals surface area contributed by atoms with Gasteiger partial charge in [0.15, 0.2) is 0 Å². The van der Waals surface area contributed by atoms with Crippen molar-refractivity contribution in [2.24, 2.45) is 0 Å². The van der Waals surface area contributed by atoms with Crippen LogP contribution < -0.4 is 0 Å². The lowest BCUT2D eigenvalue weighted by Crippen LogP contribution is -1.95. The molecular formula is C9H14O2. The summed E-state index contributed by atoms with van der Waals surface area (Å²) in [6, 6.07) is 0. The van der Waals surface area contributed by atoms with E-state index in [-0.39, 0.29) is 5.97 Å². The van der Waals surface area contributed by atoms with E-state index in [1.807, 2.05) is 26.0 Å². The third kappa shape index (κ3) is 4.37. The Labute approximate surface area is 67.6 Å². The normalized spacial score (nSPS) is 12.1. The van der Waals surface area contributed by atoms with Crippen LogP contribution in [-0.2, 0) is 9.53 Å². The van der Waals surface area contributed by atoms with E-state index in [9.17, 15) is 4.79 Å². The Kier molecular flexibility index (Phi) is 5.17. The summed E-state index contributed by atoms with van der Waals surface area (Å²) in [7, 11) is 1.38. The summed E-state index contributed by atoms with van der Waals surface area (Å²) in [6.07, 6.45) is 6.15. The largest absolute Gasteiger partial charge is 0.466 e. The van der Waals surface area contributed by atoms with Gasteiger partial charge in [0.05, 0.1) is 7.11 Å². The molecule has 0 aliphatic rings. The Hall–Kier alpha value is -1.05. The van der Waals surface area contributed by atoms with Crippen LogP contribution in [0.15, 0.2) is 23.8 Å². The first-order chi connectivity index (χ1) is 5.24. The van der Waals surface area contributed by atoms with Crippen molar-refractivity contribution in [2.75, 3.05) is 7.11 Å². The number of allylic oxidation sites excluding steroid dienone is 3. The second kappa shape index (κ2) is 5.71. The number of rotatable bonds is 3. The highest BCUT2D eigenvalue weighted by molar-refractivity contribution is 5.83. The quantitative estimate of drug-likeness (QED) is 0.353. The Balaban J connectivity index is 4.22. The minimum absolute atomic E-state index is 0.292. The summed E-state index contributed by atoms with van der Waals surface area (Å²) in [5.74, 6) is -0.292. The minimum atomic E-state index is -0.292. The van der Waals surface area contributed by atoms with Gasteiger partial charge in [0.25, 0.3) is 0 Å². The van der Waals surface area contributed by atoms with E-state index < -0.39 is 0 Å². The SMILES string of the molecule is C/C=C/C(=C/C(=O)OC)CC. The maximum absolute atomic E-state index is 10.7. The molecule has 0 bridgehead atoms. The molecule has 2 nitrogen and oxygen atoms in total. The third-order valence-electron chi connectivity index (χ3n) is 1.29. The van der Waals surface area contributed by atoms with E-state index in [0.717, 1.165) is 12.0 Å². The Morgan fingerprint density at radius 1 is 1.55 bits per heavy atom. The lowest BCUT2D eigenvalue weighted by Gasteiger charge is -1.95. The van der Waals surface area contributed by atoms with Crippen LogP contribution >= 0.6 is 0 Å². The number of hydrogen-bond donors (Lipinski definition) is 0. The summed E-state index contributed by atoms with van der Waals surface area (Å²) in [4.78, 5) is 10.7. The fourth-order valence-corrected chi connectivity index (χ4v) is 0.692. The Morgan fingerprint density at radius 2 is 2.18 bits per heavy atom. The molecule has 0 spiro atoms. The summed E-state index contributed by atoms with van der Waals surface area (Å²) < 4.78 is 4.48. The monoisotopic (exact) mass is 154 g/mol. The van der Waals surface area contributed by atoms with Gasteiger partial charge < -0.3 is 4.74 Å². The maximum Gasteiger partial charge on any atom is 0.330 e. The zero-order valence-electron chi connectivity index (χ0n) is 7.26. The van der Waals surface area contributed by atoms with Crippen molar-refractivity contribution in [1.29, 1.82) is 0 Å². The lowest BCUT2D eigenvalue weighted by molar-refractivity contribution is -0.134. The number of methoxy groups -OCH3 is 1. The molecule has 0 saturated heterocycles. The molecule has 0 saturated carbocycles. The fourth-order valence-electron chi connectivity index (χ4n) is 0.692. The second-order valence-corrected chi connectivity index (χ2v) is 2.10. The number of hydrogen-bond acceptors (Lipinski definition) is 2. The first-order valence-electron chi connectivity index (χ1n) is 3.65. The summed E-state index contributed by atoms with van der Waals surface area (Å²) >= 11 is 0. The van der Waals surface area contributed by atoms with E-state index in [4.69, 9.17) is 0 Å². The van der Waals surface area contributed by atoms with Gasteiger partial charge >= 0.3 is 5.97 Å². The highest BCUT2D eigenvalue weighted by atomic mass is 16.5. The molecule has 0 aromatic heterocycles. The van der Waals surface area contributed by atoms with Crippen molar-refractivity contribution in [3.63, 3.8) is 0 Å². The molecule has 0 fully saturated rings. The topological polar surface area (TPSA) is 26.3 Å². The van der Waals surface area contributed by atoms with Crippen LogP contribution in [0, 0.1) is 0 Å². The summed E-state index contributed by atoms with van der Waals surface area (Å²) in [5.41, 5.74) is 0.986. The molecule has 62 valence electrons. The molecule has 0 aromatic carbocycles. The zero-order chi connectivity index (χ0) is 8.69. The molecule has 2 heteroatoms. The van der Waals surface area contributed by atoms with Crippen LogP contribution in [0.2, 0.25) is 0 Å². The van der Waals surface area contributed by atoms with E-state index in [1.165, 1.54) is 13.2 Å². The van der Waals surface area contributed by atoms with E-state index in [2.05, 4.69) is 4.74 Å². The molecule has 0 aromatic rings. The van der Waals surface area contributed by atoms with Gasteiger partial charge in [-0.1, -0.05) is 19.1 Å².